The van der Waals surface area contributed by atoms with Crippen molar-refractivity contribution in [1.29, 1.82) is 0 Å². The summed E-state index contributed by atoms with van der Waals surface area (Å²) < 4.78 is 24.7. The molecule has 0 saturated heterocycles. The highest BCUT2D eigenvalue weighted by Crippen LogP contribution is 2.19. The van der Waals surface area contributed by atoms with Gasteiger partial charge in [0.1, 0.15) is 11.5 Å². The second kappa shape index (κ2) is 7.58. The van der Waals surface area contributed by atoms with Crippen molar-refractivity contribution in [3.8, 4) is 5.75 Å². The predicted molar refractivity (Wildman–Crippen MR) is 98.3 cm³/mol. The lowest BCUT2D eigenvalue weighted by molar-refractivity contribution is 0.102. The quantitative estimate of drug-likeness (QED) is 0.633. The molecule has 0 aliphatic carbocycles. The average molecular weight is 360 g/mol. The molecule has 0 amide bonds. The number of sulfonamides is 1. The minimum Gasteiger partial charge on any atom is -0.507 e. The smallest absolute Gasteiger partial charge is 0.221 e. The van der Waals surface area contributed by atoms with Gasteiger partial charge in [0, 0.05) is 31.4 Å². The first-order valence-corrected chi connectivity index (χ1v) is 9.17. The van der Waals surface area contributed by atoms with Crippen LogP contribution in [0.3, 0.4) is 0 Å². The number of rotatable bonds is 6. The summed E-state index contributed by atoms with van der Waals surface area (Å²) in [6, 6.07) is 11.6. The number of hydrogen-bond acceptors (Lipinski definition) is 5. The summed E-state index contributed by atoms with van der Waals surface area (Å²) in [5.41, 5.74) is 2.31. The number of aryl methyl sites for hydroxylation is 1. The van der Waals surface area contributed by atoms with E-state index in [9.17, 15) is 18.3 Å². The van der Waals surface area contributed by atoms with Crippen LogP contribution in [-0.2, 0) is 10.0 Å². The van der Waals surface area contributed by atoms with Gasteiger partial charge >= 0.3 is 0 Å². The normalized spacial score (nSPS) is 12.0. The molecule has 6 nitrogen and oxygen atoms in total. The first-order chi connectivity index (χ1) is 11.7. The van der Waals surface area contributed by atoms with Crippen molar-refractivity contribution in [2.24, 2.45) is 4.99 Å². The fraction of sp³-hybridized carbons (Fsp3) is 0.222. The molecule has 0 unspecified atom stereocenters. The minimum absolute atomic E-state index is 0.110. The highest BCUT2D eigenvalue weighted by Gasteiger charge is 2.20. The van der Waals surface area contributed by atoms with Gasteiger partial charge in [-0.15, -0.1) is 0 Å². The number of aromatic hydroxyl groups is 1. The summed E-state index contributed by atoms with van der Waals surface area (Å²) in [6.07, 6.45) is 1.50. The van der Waals surface area contributed by atoms with Crippen LogP contribution in [0.5, 0.6) is 5.75 Å². The maximum atomic E-state index is 12.2. The number of nitrogens with zero attached hydrogens (tertiary/aromatic N) is 2. The van der Waals surface area contributed by atoms with E-state index in [-0.39, 0.29) is 11.3 Å². The Balaban J connectivity index is 2.23. The molecule has 132 valence electrons. The molecule has 0 bridgehead atoms. The van der Waals surface area contributed by atoms with Gasteiger partial charge in [-0.25, -0.2) is 12.7 Å². The standard InChI is InChI=1S/C18H20N2O4S/c1-13-7-8-17(21)15(9-13)11-19-16-6-4-5-14(10-16)18(22)12-25(23,24)20(2)3/h4-11,21H,12H2,1-3H3. The van der Waals surface area contributed by atoms with Crippen LogP contribution in [0.25, 0.3) is 0 Å². The number of hydrogen-bond donors (Lipinski definition) is 1. The third-order valence-corrected chi connectivity index (χ3v) is 5.31. The van der Waals surface area contributed by atoms with E-state index in [1.807, 2.05) is 6.92 Å². The molecular formula is C18H20N2O4S. The molecule has 2 rings (SSSR count). The zero-order chi connectivity index (χ0) is 18.6. The van der Waals surface area contributed by atoms with Crippen molar-refractivity contribution < 1.29 is 18.3 Å². The van der Waals surface area contributed by atoms with E-state index >= 15 is 0 Å². The topological polar surface area (TPSA) is 87.0 Å². The summed E-state index contributed by atoms with van der Waals surface area (Å²) >= 11 is 0. The Morgan fingerprint density at radius 1 is 1.20 bits per heavy atom. The monoisotopic (exact) mass is 360 g/mol. The highest BCUT2D eigenvalue weighted by atomic mass is 32.2. The van der Waals surface area contributed by atoms with Crippen LogP contribution in [0.2, 0.25) is 0 Å². The van der Waals surface area contributed by atoms with Crippen LogP contribution in [0, 0.1) is 6.92 Å². The Labute approximate surface area is 147 Å². The van der Waals surface area contributed by atoms with Gasteiger partial charge in [0.2, 0.25) is 10.0 Å². The lowest BCUT2D eigenvalue weighted by atomic mass is 10.1. The molecule has 0 aliphatic heterocycles. The number of ketones is 1. The average Bonchev–Trinajstić information content (AvgIpc) is 2.55. The Bertz CT molecular complexity index is 918. The molecule has 2 aromatic rings. The maximum Gasteiger partial charge on any atom is 0.221 e. The molecule has 0 aromatic heterocycles. The third-order valence-electron chi connectivity index (χ3n) is 3.57. The molecule has 2 aromatic carbocycles. The van der Waals surface area contributed by atoms with Crippen LogP contribution in [0.15, 0.2) is 47.5 Å². The fourth-order valence-corrected chi connectivity index (χ4v) is 2.82. The number of phenolic OH excluding ortho intramolecular Hbond substituents is 1. The van der Waals surface area contributed by atoms with Gasteiger partial charge in [0.25, 0.3) is 0 Å². The summed E-state index contributed by atoms with van der Waals surface area (Å²) in [5.74, 6) is -0.978. The number of carbonyl (C=O) groups is 1. The second-order valence-corrected chi connectivity index (χ2v) is 8.02. The van der Waals surface area contributed by atoms with Crippen LogP contribution >= 0.6 is 0 Å². The molecular weight excluding hydrogens is 340 g/mol. The van der Waals surface area contributed by atoms with E-state index in [0.717, 1.165) is 9.87 Å². The number of carbonyl (C=O) groups excluding carboxylic acids is 1. The van der Waals surface area contributed by atoms with Gasteiger partial charge in [-0.05, 0) is 31.2 Å². The molecule has 0 heterocycles. The Hall–Kier alpha value is -2.51. The number of phenols is 1. The second-order valence-electron chi connectivity index (χ2n) is 5.83. The molecule has 0 atom stereocenters. The molecule has 0 radical (unpaired) electrons. The Kier molecular flexibility index (Phi) is 5.71. The number of benzene rings is 2. The fourth-order valence-electron chi connectivity index (χ4n) is 2.06. The van der Waals surface area contributed by atoms with Crippen molar-refractivity contribution in [3.63, 3.8) is 0 Å². The lowest BCUT2D eigenvalue weighted by Crippen LogP contribution is -2.29. The van der Waals surface area contributed by atoms with Gasteiger partial charge in [0.15, 0.2) is 5.78 Å². The molecule has 1 N–H and O–H groups in total. The molecule has 0 saturated carbocycles. The van der Waals surface area contributed by atoms with Crippen molar-refractivity contribution in [1.82, 2.24) is 4.31 Å². The summed E-state index contributed by atoms with van der Waals surface area (Å²) in [4.78, 5) is 16.4. The van der Waals surface area contributed by atoms with Gasteiger partial charge in [0.05, 0.1) is 5.69 Å². The third kappa shape index (κ3) is 4.98. The zero-order valence-electron chi connectivity index (χ0n) is 14.3. The van der Waals surface area contributed by atoms with Crippen molar-refractivity contribution in [2.75, 3.05) is 19.8 Å². The molecule has 0 aliphatic rings. The van der Waals surface area contributed by atoms with Gasteiger partial charge in [-0.1, -0.05) is 23.8 Å². The Morgan fingerprint density at radius 2 is 1.92 bits per heavy atom. The number of aliphatic imine (C=N–C) groups is 1. The first kappa shape index (κ1) is 18.8. The summed E-state index contributed by atoms with van der Waals surface area (Å²) in [7, 11) is -0.839. The van der Waals surface area contributed by atoms with E-state index in [2.05, 4.69) is 4.99 Å². The summed E-state index contributed by atoms with van der Waals surface area (Å²) in [6.45, 7) is 1.90. The molecule has 7 heteroatoms. The first-order valence-electron chi connectivity index (χ1n) is 7.56. The maximum absolute atomic E-state index is 12.2. The van der Waals surface area contributed by atoms with Gasteiger partial charge < -0.3 is 5.11 Å². The minimum atomic E-state index is -3.61. The van der Waals surface area contributed by atoms with Crippen molar-refractivity contribution in [3.05, 3.63) is 59.2 Å². The molecule has 25 heavy (non-hydrogen) atoms. The Morgan fingerprint density at radius 3 is 2.60 bits per heavy atom. The number of Topliss-reactive ketones (excluding diaryl/α,β-unsaturated/α-hetero) is 1. The van der Waals surface area contributed by atoms with E-state index in [0.29, 0.717) is 11.3 Å². The van der Waals surface area contributed by atoms with Crippen LogP contribution < -0.4 is 0 Å². The molecule has 0 spiro atoms. The predicted octanol–water partition coefficient (Wildman–Crippen LogP) is 2.53. The van der Waals surface area contributed by atoms with E-state index < -0.39 is 21.6 Å². The van der Waals surface area contributed by atoms with E-state index in [4.69, 9.17) is 0 Å². The SMILES string of the molecule is Cc1ccc(O)c(C=Nc2cccc(C(=O)CS(=O)(=O)N(C)C)c2)c1. The lowest BCUT2D eigenvalue weighted by Gasteiger charge is -2.10. The summed E-state index contributed by atoms with van der Waals surface area (Å²) in [5, 5.41) is 9.82. The van der Waals surface area contributed by atoms with Crippen LogP contribution in [-0.4, -0.2) is 49.7 Å². The van der Waals surface area contributed by atoms with Crippen molar-refractivity contribution in [2.45, 2.75) is 6.92 Å². The highest BCUT2D eigenvalue weighted by molar-refractivity contribution is 7.89. The van der Waals surface area contributed by atoms with E-state index in [1.165, 1.54) is 26.4 Å². The van der Waals surface area contributed by atoms with Crippen LogP contribution in [0.4, 0.5) is 5.69 Å². The zero-order valence-corrected chi connectivity index (χ0v) is 15.1. The van der Waals surface area contributed by atoms with Gasteiger partial charge in [-0.3, -0.25) is 9.79 Å². The van der Waals surface area contributed by atoms with Crippen molar-refractivity contribution >= 4 is 27.7 Å². The largest absolute Gasteiger partial charge is 0.507 e. The van der Waals surface area contributed by atoms with E-state index in [1.54, 1.807) is 36.4 Å². The molecule has 0 fully saturated rings. The van der Waals surface area contributed by atoms with Crippen LogP contribution in [0.1, 0.15) is 21.5 Å². The van der Waals surface area contributed by atoms with Gasteiger partial charge in [-0.2, -0.15) is 0 Å².